The Bertz CT molecular complexity index is 1510. The van der Waals surface area contributed by atoms with E-state index in [2.05, 4.69) is 31.6 Å². The van der Waals surface area contributed by atoms with Crippen LogP contribution in [0.4, 0.5) is 0 Å². The molecule has 7 nitrogen and oxygen atoms in total. The maximum atomic E-state index is 12.9. The monoisotopic (exact) mass is 480 g/mol. The van der Waals surface area contributed by atoms with Crippen molar-refractivity contribution in [3.63, 3.8) is 0 Å². The molecule has 5 rings (SSSR count). The number of hydrogen-bond donors (Lipinski definition) is 1. The van der Waals surface area contributed by atoms with Crippen molar-refractivity contribution in [1.82, 2.24) is 30.2 Å². The van der Waals surface area contributed by atoms with Crippen LogP contribution in [-0.2, 0) is 5.75 Å². The van der Waals surface area contributed by atoms with Gasteiger partial charge >= 0.3 is 0 Å². The highest BCUT2D eigenvalue weighted by molar-refractivity contribution is 7.98. The van der Waals surface area contributed by atoms with E-state index in [9.17, 15) is 4.79 Å². The number of tetrazole rings is 1. The van der Waals surface area contributed by atoms with Crippen LogP contribution in [0.15, 0.2) is 57.8 Å². The average molecular weight is 481 g/mol. The van der Waals surface area contributed by atoms with Crippen molar-refractivity contribution in [1.29, 1.82) is 0 Å². The summed E-state index contributed by atoms with van der Waals surface area (Å²) in [5.74, 6) is 0.991. The topological polar surface area (TPSA) is 89.3 Å². The first-order valence-corrected chi connectivity index (χ1v) is 12.0. The Morgan fingerprint density at radius 1 is 1.16 bits per heavy atom. The molecule has 2 aromatic carbocycles. The number of thioether (sulfide) groups is 1. The molecule has 0 aliphatic carbocycles. The third-order valence-electron chi connectivity index (χ3n) is 5.02. The standard InChI is InChI=1S/C22H17ClN6OS2/c1-12-7-8-17(13(2)9-12)29-22(26-27-28-29)32-11-18-24-20(30)19-15(10-31-21(19)25-18)14-5-3-4-6-16(14)23/h3-10H,11H2,1-2H3,(H,24,25,30). The van der Waals surface area contributed by atoms with Crippen molar-refractivity contribution < 1.29 is 0 Å². The number of aryl methyl sites for hydroxylation is 2. The van der Waals surface area contributed by atoms with Gasteiger partial charge in [0.2, 0.25) is 5.16 Å². The molecule has 1 N–H and O–H groups in total. The zero-order valence-electron chi connectivity index (χ0n) is 17.2. The second-order valence-corrected chi connectivity index (χ2v) is 9.48. The summed E-state index contributed by atoms with van der Waals surface area (Å²) in [6, 6.07) is 13.6. The van der Waals surface area contributed by atoms with Crippen LogP contribution in [0.1, 0.15) is 17.0 Å². The number of halogens is 1. The first kappa shape index (κ1) is 20.9. The summed E-state index contributed by atoms with van der Waals surface area (Å²) in [5, 5.41) is 15.8. The van der Waals surface area contributed by atoms with Crippen LogP contribution in [0, 0.1) is 13.8 Å². The van der Waals surface area contributed by atoms with Crippen LogP contribution in [0.3, 0.4) is 0 Å². The minimum absolute atomic E-state index is 0.184. The molecule has 5 aromatic rings. The van der Waals surface area contributed by atoms with Crippen LogP contribution < -0.4 is 5.56 Å². The van der Waals surface area contributed by atoms with Gasteiger partial charge in [0.1, 0.15) is 10.7 Å². The Balaban J connectivity index is 1.44. The quantitative estimate of drug-likeness (QED) is 0.348. The zero-order chi connectivity index (χ0) is 22.2. The summed E-state index contributed by atoms with van der Waals surface area (Å²) in [6.45, 7) is 4.07. The second kappa shape index (κ2) is 8.50. The van der Waals surface area contributed by atoms with Gasteiger partial charge in [-0.05, 0) is 42.0 Å². The van der Waals surface area contributed by atoms with Crippen LogP contribution in [0.2, 0.25) is 5.02 Å². The molecule has 0 saturated heterocycles. The highest BCUT2D eigenvalue weighted by atomic mass is 35.5. The molecule has 0 aliphatic rings. The van der Waals surface area contributed by atoms with Crippen molar-refractivity contribution in [3.8, 4) is 16.8 Å². The molecule has 3 aromatic heterocycles. The molecule has 160 valence electrons. The lowest BCUT2D eigenvalue weighted by Gasteiger charge is -2.08. The molecule has 10 heteroatoms. The van der Waals surface area contributed by atoms with E-state index in [-0.39, 0.29) is 5.56 Å². The fourth-order valence-corrected chi connectivity index (χ4v) is 5.48. The van der Waals surface area contributed by atoms with Gasteiger partial charge in [0.15, 0.2) is 0 Å². The molecule has 0 fully saturated rings. The van der Waals surface area contributed by atoms with E-state index in [1.54, 1.807) is 4.68 Å². The number of thiophene rings is 1. The van der Waals surface area contributed by atoms with Crippen LogP contribution >= 0.6 is 34.7 Å². The molecule has 0 radical (unpaired) electrons. The van der Waals surface area contributed by atoms with Crippen molar-refractivity contribution in [2.45, 2.75) is 24.8 Å². The highest BCUT2D eigenvalue weighted by Gasteiger charge is 2.16. The van der Waals surface area contributed by atoms with Crippen molar-refractivity contribution in [3.05, 3.63) is 80.2 Å². The number of H-pyrrole nitrogens is 1. The molecule has 0 amide bonds. The third-order valence-corrected chi connectivity index (χ3v) is 7.15. The normalized spacial score (nSPS) is 11.3. The van der Waals surface area contributed by atoms with Gasteiger partial charge in [-0.15, -0.1) is 16.4 Å². The summed E-state index contributed by atoms with van der Waals surface area (Å²) in [6.07, 6.45) is 0. The Morgan fingerprint density at radius 3 is 2.81 bits per heavy atom. The predicted octanol–water partition coefficient (Wildman–Crippen LogP) is 5.19. The van der Waals surface area contributed by atoms with Crippen molar-refractivity contribution in [2.75, 3.05) is 0 Å². The molecule has 0 unspecified atom stereocenters. The van der Waals surface area contributed by atoms with E-state index in [0.717, 1.165) is 22.4 Å². The SMILES string of the molecule is Cc1ccc(-n2nnnc2SCc2nc3scc(-c4ccccc4Cl)c3c(=O)[nH]2)c(C)c1. The van der Waals surface area contributed by atoms with Gasteiger partial charge in [-0.1, -0.05) is 59.3 Å². The van der Waals surface area contributed by atoms with Crippen LogP contribution in [0.5, 0.6) is 0 Å². The minimum Gasteiger partial charge on any atom is -0.309 e. The number of rotatable bonds is 5. The van der Waals surface area contributed by atoms with Gasteiger partial charge in [-0.3, -0.25) is 4.79 Å². The van der Waals surface area contributed by atoms with Crippen molar-refractivity contribution in [2.24, 2.45) is 0 Å². The van der Waals surface area contributed by atoms with Gasteiger partial charge < -0.3 is 4.98 Å². The zero-order valence-corrected chi connectivity index (χ0v) is 19.6. The van der Waals surface area contributed by atoms with E-state index < -0.39 is 0 Å². The smallest absolute Gasteiger partial charge is 0.260 e. The number of aromatic amines is 1. The van der Waals surface area contributed by atoms with E-state index in [1.165, 1.54) is 28.7 Å². The van der Waals surface area contributed by atoms with Crippen molar-refractivity contribution >= 4 is 44.9 Å². The van der Waals surface area contributed by atoms with E-state index in [4.69, 9.17) is 11.6 Å². The molecule has 0 atom stereocenters. The summed E-state index contributed by atoms with van der Waals surface area (Å²) >= 11 is 9.18. The molecule has 0 aliphatic heterocycles. The number of nitrogens with one attached hydrogen (secondary N) is 1. The van der Waals surface area contributed by atoms with E-state index in [1.807, 2.05) is 55.6 Å². The number of aromatic nitrogens is 6. The minimum atomic E-state index is -0.184. The first-order valence-electron chi connectivity index (χ1n) is 9.75. The molecule has 0 saturated carbocycles. The molecule has 0 bridgehead atoms. The van der Waals surface area contributed by atoms with Gasteiger partial charge in [0, 0.05) is 21.5 Å². The van der Waals surface area contributed by atoms with Gasteiger partial charge in [0.25, 0.3) is 5.56 Å². The molecular weight excluding hydrogens is 464 g/mol. The van der Waals surface area contributed by atoms with E-state index >= 15 is 0 Å². The summed E-state index contributed by atoms with van der Waals surface area (Å²) in [7, 11) is 0. The maximum absolute atomic E-state index is 12.9. The van der Waals surface area contributed by atoms with E-state index in [0.29, 0.717) is 32.0 Å². The summed E-state index contributed by atoms with van der Waals surface area (Å²) in [5.41, 5.74) is 4.61. The molecular formula is C22H17ClN6OS2. The largest absolute Gasteiger partial charge is 0.309 e. The molecule has 32 heavy (non-hydrogen) atoms. The van der Waals surface area contributed by atoms with Gasteiger partial charge in [-0.2, -0.15) is 4.68 Å². The Kier molecular flexibility index (Phi) is 5.54. The number of benzene rings is 2. The number of hydrogen-bond acceptors (Lipinski definition) is 7. The fourth-order valence-electron chi connectivity index (χ4n) is 3.54. The lowest BCUT2D eigenvalue weighted by molar-refractivity contribution is 0.751. The maximum Gasteiger partial charge on any atom is 0.260 e. The number of nitrogens with zero attached hydrogens (tertiary/aromatic N) is 5. The third kappa shape index (κ3) is 3.83. The fraction of sp³-hybridized carbons (Fsp3) is 0.136. The number of fused-ring (bicyclic) bond motifs is 1. The van der Waals surface area contributed by atoms with Crippen LogP contribution in [0.25, 0.3) is 27.0 Å². The Morgan fingerprint density at radius 2 is 2.00 bits per heavy atom. The first-order chi connectivity index (χ1) is 15.5. The Hall–Kier alpha value is -3.01. The summed E-state index contributed by atoms with van der Waals surface area (Å²) < 4.78 is 1.71. The van der Waals surface area contributed by atoms with Gasteiger partial charge in [-0.25, -0.2) is 4.98 Å². The highest BCUT2D eigenvalue weighted by Crippen LogP contribution is 2.35. The van der Waals surface area contributed by atoms with Crippen LogP contribution in [-0.4, -0.2) is 30.2 Å². The Labute approximate surface area is 196 Å². The molecule has 3 heterocycles. The lowest BCUT2D eigenvalue weighted by Crippen LogP contribution is -2.11. The predicted molar refractivity (Wildman–Crippen MR) is 129 cm³/mol. The second-order valence-electron chi connectivity index (χ2n) is 7.27. The average Bonchev–Trinajstić information content (AvgIpc) is 3.40. The lowest BCUT2D eigenvalue weighted by atomic mass is 10.1. The summed E-state index contributed by atoms with van der Waals surface area (Å²) in [4.78, 5) is 21.1. The van der Waals surface area contributed by atoms with Gasteiger partial charge in [0.05, 0.1) is 16.8 Å². The molecule has 0 spiro atoms.